The zero-order chi connectivity index (χ0) is 23.2. The Bertz CT molecular complexity index is 1170. The number of aromatic nitrogens is 2. The molecule has 3 N–H and O–H groups in total. The van der Waals surface area contributed by atoms with Crippen LogP contribution in [0.3, 0.4) is 0 Å². The molecule has 0 aliphatic heterocycles. The molecule has 2 aromatic carbocycles. The fourth-order valence-corrected chi connectivity index (χ4v) is 5.60. The van der Waals surface area contributed by atoms with Gasteiger partial charge in [-0.3, -0.25) is 4.79 Å². The number of anilines is 1. The molecule has 6 nitrogen and oxygen atoms in total. The first-order chi connectivity index (χ1) is 16.1. The van der Waals surface area contributed by atoms with E-state index in [1.807, 2.05) is 49.6 Å². The van der Waals surface area contributed by atoms with Gasteiger partial charge in [-0.25, -0.2) is 0 Å². The maximum atomic E-state index is 12.4. The lowest BCUT2D eigenvalue weighted by Crippen LogP contribution is -2.26. The van der Waals surface area contributed by atoms with Crippen LogP contribution in [-0.4, -0.2) is 46.6 Å². The van der Waals surface area contributed by atoms with Crippen LogP contribution in [0.5, 0.6) is 0 Å². The Hall–Kier alpha value is -3.07. The number of thiophene rings is 1. The second-order valence-corrected chi connectivity index (χ2v) is 10.0. The van der Waals surface area contributed by atoms with Crippen LogP contribution in [-0.2, 0) is 0 Å². The van der Waals surface area contributed by atoms with E-state index < -0.39 is 0 Å². The molecule has 0 aliphatic rings. The van der Waals surface area contributed by atoms with Crippen molar-refractivity contribution < 1.29 is 11.7 Å². The van der Waals surface area contributed by atoms with Gasteiger partial charge in [0.15, 0.2) is 0 Å². The number of hydrogen-bond donors (Lipinski definition) is 1. The minimum atomic E-state index is 0. The molecule has 4 rings (SSSR count). The highest BCUT2D eigenvalue weighted by Crippen LogP contribution is 2.39. The van der Waals surface area contributed by atoms with Crippen molar-refractivity contribution in [3.05, 3.63) is 88.2 Å². The minimum absolute atomic E-state index is 0. The first-order valence-corrected chi connectivity index (χ1v) is 12.8. The molecule has 180 valence electrons. The summed E-state index contributed by atoms with van der Waals surface area (Å²) >= 11 is 3.34. The van der Waals surface area contributed by atoms with E-state index in [9.17, 15) is 4.79 Å². The first-order valence-electron chi connectivity index (χ1n) is 11.1. The van der Waals surface area contributed by atoms with Crippen molar-refractivity contribution >= 4 is 33.7 Å². The second kappa shape index (κ2) is 11.9. The molecule has 0 fully saturated rings. The lowest BCUT2D eigenvalue weighted by atomic mass is 9.86. The zero-order valence-electron chi connectivity index (χ0n) is 19.6. The number of carbonyl (C=O) groups is 1. The van der Waals surface area contributed by atoms with Gasteiger partial charge in [0, 0.05) is 42.8 Å². The van der Waals surface area contributed by atoms with E-state index in [2.05, 4.69) is 64.9 Å². The molecule has 4 aromatic rings. The topological polar surface area (TPSA) is 89.6 Å². The summed E-state index contributed by atoms with van der Waals surface area (Å²) < 4.78 is 0. The van der Waals surface area contributed by atoms with E-state index in [1.165, 1.54) is 26.7 Å². The van der Waals surface area contributed by atoms with Crippen LogP contribution in [0.25, 0.3) is 10.4 Å². The third-order valence-corrected chi connectivity index (χ3v) is 7.70. The Morgan fingerprint density at radius 3 is 2.47 bits per heavy atom. The highest BCUT2D eigenvalue weighted by atomic mass is 32.1. The van der Waals surface area contributed by atoms with Crippen molar-refractivity contribution in [3.63, 3.8) is 0 Å². The molecular formula is C26H32N4O2S2. The van der Waals surface area contributed by atoms with E-state index in [0.717, 1.165) is 22.8 Å². The monoisotopic (exact) mass is 496 g/mol. The average Bonchev–Trinajstić information content (AvgIpc) is 3.55. The maximum absolute atomic E-state index is 12.4. The molecule has 2 heterocycles. The predicted molar refractivity (Wildman–Crippen MR) is 144 cm³/mol. The van der Waals surface area contributed by atoms with Crippen LogP contribution in [0, 0.1) is 5.92 Å². The summed E-state index contributed by atoms with van der Waals surface area (Å²) in [6, 6.07) is 23.0. The van der Waals surface area contributed by atoms with Gasteiger partial charge in [-0.2, -0.15) is 0 Å². The van der Waals surface area contributed by atoms with E-state index >= 15 is 0 Å². The van der Waals surface area contributed by atoms with Crippen molar-refractivity contribution in [2.75, 3.05) is 25.5 Å². The Labute approximate surface area is 210 Å². The number of nitrogens with zero attached hydrogens (tertiary/aromatic N) is 3. The summed E-state index contributed by atoms with van der Waals surface area (Å²) in [6.07, 6.45) is 0. The van der Waals surface area contributed by atoms with Gasteiger partial charge in [0.25, 0.3) is 5.91 Å². The van der Waals surface area contributed by atoms with E-state index in [4.69, 9.17) is 0 Å². The van der Waals surface area contributed by atoms with Crippen LogP contribution >= 0.6 is 22.7 Å². The molecule has 0 aliphatic carbocycles. The van der Waals surface area contributed by atoms with Crippen LogP contribution in [0.4, 0.5) is 5.13 Å². The van der Waals surface area contributed by atoms with Crippen LogP contribution in [0.15, 0.2) is 72.2 Å². The second-order valence-electron chi connectivity index (χ2n) is 8.09. The van der Waals surface area contributed by atoms with Gasteiger partial charge in [-0.05, 0) is 48.2 Å². The van der Waals surface area contributed by atoms with Crippen molar-refractivity contribution in [1.29, 1.82) is 0 Å². The van der Waals surface area contributed by atoms with Crippen molar-refractivity contribution in [2.45, 2.75) is 19.8 Å². The highest BCUT2D eigenvalue weighted by Gasteiger charge is 2.23. The predicted octanol–water partition coefficient (Wildman–Crippen LogP) is 5.66. The fourth-order valence-electron chi connectivity index (χ4n) is 3.87. The van der Waals surface area contributed by atoms with Crippen molar-refractivity contribution in [3.8, 4) is 10.4 Å². The molecule has 34 heavy (non-hydrogen) atoms. The molecule has 0 radical (unpaired) electrons. The number of carbonyl (C=O) groups excluding carboxylic acids is 1. The maximum Gasteiger partial charge on any atom is 0.253 e. The first kappa shape index (κ1) is 25.6. The molecule has 0 saturated heterocycles. The molecular weight excluding hydrogens is 464 g/mol. The number of nitrogens with one attached hydrogen (secondary N) is 1. The Kier molecular flexibility index (Phi) is 8.92. The number of amides is 1. The van der Waals surface area contributed by atoms with Crippen LogP contribution in [0.2, 0.25) is 0 Å². The van der Waals surface area contributed by atoms with E-state index in [0.29, 0.717) is 12.5 Å². The van der Waals surface area contributed by atoms with Crippen LogP contribution in [0.1, 0.15) is 42.0 Å². The standard InChI is InChI=1S/C26H28N4OS2.H2O.H2/c1-4-30(3)25(31)21-12-10-19(11-13-21)22-14-15-23(33-22)24(20-8-6-5-7-9-20)18(2)16-27-26-29-28-17-32-26;;/h5-15,17-18,24H,4,16H2,1-3H3,(H,27,29);1H2;1H. The largest absolute Gasteiger partial charge is 0.412 e. The summed E-state index contributed by atoms with van der Waals surface area (Å²) in [7, 11) is 1.83. The van der Waals surface area contributed by atoms with Gasteiger partial charge in [-0.15, -0.1) is 21.5 Å². The van der Waals surface area contributed by atoms with E-state index in [1.54, 1.807) is 10.4 Å². The fraction of sp³-hybridized carbons (Fsp3) is 0.269. The highest BCUT2D eigenvalue weighted by molar-refractivity contribution is 7.15. The molecule has 0 spiro atoms. The summed E-state index contributed by atoms with van der Waals surface area (Å²) in [6.45, 7) is 5.76. The Morgan fingerprint density at radius 1 is 1.09 bits per heavy atom. The molecule has 1 amide bonds. The van der Waals surface area contributed by atoms with Gasteiger partial charge < -0.3 is 15.7 Å². The van der Waals surface area contributed by atoms with Crippen molar-refractivity contribution in [2.24, 2.45) is 5.92 Å². The minimum Gasteiger partial charge on any atom is -0.412 e. The lowest BCUT2D eigenvalue weighted by Gasteiger charge is -2.24. The Balaban J connectivity index is 0.00000216. The van der Waals surface area contributed by atoms with E-state index in [-0.39, 0.29) is 18.7 Å². The van der Waals surface area contributed by atoms with Gasteiger partial charge in [0.05, 0.1) is 0 Å². The molecule has 2 unspecified atom stereocenters. The summed E-state index contributed by atoms with van der Waals surface area (Å²) in [4.78, 5) is 16.7. The lowest BCUT2D eigenvalue weighted by molar-refractivity contribution is 0.0802. The van der Waals surface area contributed by atoms with Gasteiger partial charge in [-0.1, -0.05) is 60.7 Å². The molecule has 2 aromatic heterocycles. The molecule has 0 saturated carbocycles. The Morgan fingerprint density at radius 2 is 1.82 bits per heavy atom. The number of hydrogen-bond acceptors (Lipinski definition) is 6. The summed E-state index contributed by atoms with van der Waals surface area (Å²) in [5.41, 5.74) is 4.90. The van der Waals surface area contributed by atoms with Gasteiger partial charge in [0.2, 0.25) is 5.13 Å². The summed E-state index contributed by atoms with van der Waals surface area (Å²) in [5, 5.41) is 12.3. The molecule has 0 bridgehead atoms. The quantitative estimate of drug-likeness (QED) is 0.324. The average molecular weight is 497 g/mol. The normalized spacial score (nSPS) is 12.4. The summed E-state index contributed by atoms with van der Waals surface area (Å²) in [5.74, 6) is 0.675. The van der Waals surface area contributed by atoms with Crippen molar-refractivity contribution in [1.82, 2.24) is 15.1 Å². The molecule has 2 atom stereocenters. The number of benzene rings is 2. The SMILES string of the molecule is CCN(C)C(=O)c1ccc(-c2ccc(C(c3ccccc3)C(C)CNc3nncs3)s2)cc1.O.[HH]. The third kappa shape index (κ3) is 5.88. The van der Waals surface area contributed by atoms with Gasteiger partial charge in [0.1, 0.15) is 5.51 Å². The molecule has 8 heteroatoms. The van der Waals surface area contributed by atoms with Gasteiger partial charge >= 0.3 is 0 Å². The zero-order valence-corrected chi connectivity index (χ0v) is 21.2. The van der Waals surface area contributed by atoms with Crippen LogP contribution < -0.4 is 5.32 Å². The third-order valence-electron chi connectivity index (χ3n) is 5.83. The smallest absolute Gasteiger partial charge is 0.253 e. The number of rotatable bonds is 9.